The SMILES string of the molecule is O=C(NNc1ncnc(Nc2cc(C(F)(F)F)ccc2Cl)c1[N+](=O)[O-])c1cccnc1. The molecule has 2 heterocycles. The third kappa shape index (κ3) is 5.14. The van der Waals surface area contributed by atoms with E-state index in [4.69, 9.17) is 11.6 Å². The van der Waals surface area contributed by atoms with Crippen molar-refractivity contribution in [1.29, 1.82) is 0 Å². The van der Waals surface area contributed by atoms with Crippen LogP contribution < -0.4 is 16.2 Å². The number of hydrazine groups is 1. The molecule has 0 aliphatic carbocycles. The Hall–Kier alpha value is -4.00. The first-order chi connectivity index (χ1) is 14.7. The summed E-state index contributed by atoms with van der Waals surface area (Å²) >= 11 is 5.92. The molecule has 0 saturated carbocycles. The second kappa shape index (κ2) is 8.79. The summed E-state index contributed by atoms with van der Waals surface area (Å²) in [6.45, 7) is 0. The first-order valence-electron chi connectivity index (χ1n) is 8.26. The van der Waals surface area contributed by atoms with E-state index in [2.05, 4.69) is 31.1 Å². The van der Waals surface area contributed by atoms with Crippen LogP contribution in [0.3, 0.4) is 0 Å². The van der Waals surface area contributed by atoms with Crippen molar-refractivity contribution in [3.63, 3.8) is 0 Å². The van der Waals surface area contributed by atoms with Gasteiger partial charge in [0.15, 0.2) is 0 Å². The number of aromatic nitrogens is 3. The van der Waals surface area contributed by atoms with Crippen LogP contribution in [0.4, 0.5) is 36.2 Å². The van der Waals surface area contributed by atoms with Gasteiger partial charge in [-0.1, -0.05) is 11.6 Å². The highest BCUT2D eigenvalue weighted by Gasteiger charge is 2.31. The Bertz CT molecular complexity index is 1130. The monoisotopic (exact) mass is 453 g/mol. The highest BCUT2D eigenvalue weighted by molar-refractivity contribution is 6.33. The van der Waals surface area contributed by atoms with E-state index in [0.717, 1.165) is 18.5 Å². The van der Waals surface area contributed by atoms with Crippen LogP contribution >= 0.6 is 11.6 Å². The topological polar surface area (TPSA) is 135 Å². The molecule has 31 heavy (non-hydrogen) atoms. The van der Waals surface area contributed by atoms with Gasteiger partial charge < -0.3 is 5.32 Å². The number of nitrogens with zero attached hydrogens (tertiary/aromatic N) is 4. The number of amides is 1. The van der Waals surface area contributed by atoms with Gasteiger partial charge in [-0.2, -0.15) is 13.2 Å². The van der Waals surface area contributed by atoms with E-state index in [-0.39, 0.29) is 16.3 Å². The largest absolute Gasteiger partial charge is 0.416 e. The van der Waals surface area contributed by atoms with Gasteiger partial charge >= 0.3 is 11.9 Å². The lowest BCUT2D eigenvalue weighted by molar-refractivity contribution is -0.383. The van der Waals surface area contributed by atoms with Crippen molar-refractivity contribution in [2.75, 3.05) is 10.7 Å². The van der Waals surface area contributed by atoms with Crippen LogP contribution in [0.5, 0.6) is 0 Å². The maximum Gasteiger partial charge on any atom is 0.416 e. The van der Waals surface area contributed by atoms with E-state index in [1.807, 2.05) is 0 Å². The fraction of sp³-hybridized carbons (Fsp3) is 0.0588. The number of carbonyl (C=O) groups is 1. The quantitative estimate of drug-likeness (QED) is 0.377. The maximum absolute atomic E-state index is 13.0. The Morgan fingerprint density at radius 1 is 1.16 bits per heavy atom. The minimum atomic E-state index is -4.65. The molecule has 10 nitrogen and oxygen atoms in total. The van der Waals surface area contributed by atoms with Crippen molar-refractivity contribution in [3.05, 3.63) is 75.3 Å². The van der Waals surface area contributed by atoms with E-state index in [9.17, 15) is 28.1 Å². The molecule has 0 aliphatic rings. The second-order valence-corrected chi connectivity index (χ2v) is 6.22. The summed E-state index contributed by atoms with van der Waals surface area (Å²) in [7, 11) is 0. The minimum absolute atomic E-state index is 0.125. The number of pyridine rings is 1. The molecule has 0 spiro atoms. The molecule has 0 unspecified atom stereocenters. The molecule has 3 rings (SSSR count). The van der Waals surface area contributed by atoms with Crippen LogP contribution in [-0.4, -0.2) is 25.8 Å². The third-order valence-corrected chi connectivity index (χ3v) is 4.10. The fourth-order valence-corrected chi connectivity index (χ4v) is 2.51. The van der Waals surface area contributed by atoms with Gasteiger partial charge in [-0.25, -0.2) is 9.97 Å². The number of rotatable bonds is 6. The Labute approximate surface area is 176 Å². The number of benzene rings is 1. The van der Waals surface area contributed by atoms with E-state index >= 15 is 0 Å². The molecule has 3 aromatic rings. The summed E-state index contributed by atoms with van der Waals surface area (Å²) in [5.74, 6) is -1.52. The Balaban J connectivity index is 1.89. The van der Waals surface area contributed by atoms with Gasteiger partial charge in [0, 0.05) is 12.4 Å². The van der Waals surface area contributed by atoms with Crippen LogP contribution in [0.2, 0.25) is 5.02 Å². The summed E-state index contributed by atoms with van der Waals surface area (Å²) in [5.41, 5.74) is 2.67. The summed E-state index contributed by atoms with van der Waals surface area (Å²) < 4.78 is 38.9. The number of carbonyl (C=O) groups excluding carboxylic acids is 1. The smallest absolute Gasteiger partial charge is 0.333 e. The van der Waals surface area contributed by atoms with Gasteiger partial charge in [-0.05, 0) is 30.3 Å². The van der Waals surface area contributed by atoms with Gasteiger partial charge in [0.05, 0.1) is 26.8 Å². The first-order valence-corrected chi connectivity index (χ1v) is 8.64. The predicted molar refractivity (Wildman–Crippen MR) is 104 cm³/mol. The van der Waals surface area contributed by atoms with Crippen molar-refractivity contribution in [3.8, 4) is 0 Å². The van der Waals surface area contributed by atoms with E-state index in [1.54, 1.807) is 0 Å². The number of alkyl halides is 3. The number of hydrogen-bond donors (Lipinski definition) is 3. The van der Waals surface area contributed by atoms with Gasteiger partial charge in [0.25, 0.3) is 5.91 Å². The van der Waals surface area contributed by atoms with Gasteiger partial charge in [0.1, 0.15) is 6.33 Å². The maximum atomic E-state index is 13.0. The number of nitro groups is 1. The number of halogens is 4. The van der Waals surface area contributed by atoms with E-state index in [1.165, 1.54) is 24.5 Å². The average molecular weight is 454 g/mol. The minimum Gasteiger partial charge on any atom is -0.333 e. The Kier molecular flexibility index (Phi) is 6.15. The van der Waals surface area contributed by atoms with E-state index < -0.39 is 39.9 Å². The van der Waals surface area contributed by atoms with Crippen molar-refractivity contribution in [2.24, 2.45) is 0 Å². The van der Waals surface area contributed by atoms with Crippen molar-refractivity contribution in [2.45, 2.75) is 6.18 Å². The molecule has 0 bridgehead atoms. The predicted octanol–water partition coefficient (Wildman–Crippen LogP) is 3.95. The van der Waals surface area contributed by atoms with Crippen LogP contribution in [-0.2, 0) is 6.18 Å². The van der Waals surface area contributed by atoms with Crippen LogP contribution in [0, 0.1) is 10.1 Å². The summed E-state index contributed by atoms with van der Waals surface area (Å²) in [6, 6.07) is 5.42. The zero-order valence-electron chi connectivity index (χ0n) is 15.1. The average Bonchev–Trinajstić information content (AvgIpc) is 2.73. The Morgan fingerprint density at radius 2 is 1.90 bits per heavy atom. The Morgan fingerprint density at radius 3 is 2.55 bits per heavy atom. The summed E-state index contributed by atoms with van der Waals surface area (Å²) in [4.78, 5) is 34.0. The highest BCUT2D eigenvalue weighted by Crippen LogP contribution is 2.37. The molecule has 0 radical (unpaired) electrons. The molecule has 14 heteroatoms. The third-order valence-electron chi connectivity index (χ3n) is 3.77. The summed E-state index contributed by atoms with van der Waals surface area (Å²) in [5, 5.41) is 13.9. The number of anilines is 3. The summed E-state index contributed by atoms with van der Waals surface area (Å²) in [6.07, 6.45) is -1.01. The molecule has 1 aromatic carbocycles. The normalized spacial score (nSPS) is 11.0. The number of hydrogen-bond acceptors (Lipinski definition) is 8. The zero-order valence-corrected chi connectivity index (χ0v) is 15.9. The lowest BCUT2D eigenvalue weighted by atomic mass is 10.2. The standard InChI is InChI=1S/C17H11ClF3N7O3/c18-11-4-3-10(17(19,20)21)6-12(11)25-14-13(28(30)31)15(24-8-23-14)26-27-16(29)9-2-1-5-22-7-9/h1-8H,(H,27,29)(H2,23,24,25,26). The van der Waals surface area contributed by atoms with Crippen molar-refractivity contribution < 1.29 is 22.9 Å². The van der Waals surface area contributed by atoms with Gasteiger partial charge in [0.2, 0.25) is 11.6 Å². The molecule has 0 aliphatic heterocycles. The van der Waals surface area contributed by atoms with Crippen LogP contribution in [0.25, 0.3) is 0 Å². The molecule has 1 amide bonds. The van der Waals surface area contributed by atoms with Crippen LogP contribution in [0.1, 0.15) is 15.9 Å². The van der Waals surface area contributed by atoms with E-state index in [0.29, 0.717) is 6.07 Å². The van der Waals surface area contributed by atoms with Gasteiger partial charge in [-0.15, -0.1) is 0 Å². The van der Waals surface area contributed by atoms with Crippen molar-refractivity contribution in [1.82, 2.24) is 20.4 Å². The molecular formula is C17H11ClF3N7O3. The van der Waals surface area contributed by atoms with Crippen molar-refractivity contribution >= 4 is 40.5 Å². The molecular weight excluding hydrogens is 443 g/mol. The highest BCUT2D eigenvalue weighted by atomic mass is 35.5. The molecule has 3 N–H and O–H groups in total. The fourth-order valence-electron chi connectivity index (χ4n) is 2.34. The lowest BCUT2D eigenvalue weighted by Gasteiger charge is -2.13. The molecule has 0 atom stereocenters. The number of nitrogens with one attached hydrogen (secondary N) is 3. The second-order valence-electron chi connectivity index (χ2n) is 5.81. The molecule has 0 saturated heterocycles. The van der Waals surface area contributed by atoms with Crippen LogP contribution in [0.15, 0.2) is 49.1 Å². The molecule has 2 aromatic heterocycles. The molecule has 0 fully saturated rings. The molecule has 160 valence electrons. The zero-order chi connectivity index (χ0) is 22.6. The first kappa shape index (κ1) is 21.7. The van der Waals surface area contributed by atoms with Gasteiger partial charge in [-0.3, -0.25) is 30.7 Å². The lowest BCUT2D eigenvalue weighted by Crippen LogP contribution is -2.30.